The first-order chi connectivity index (χ1) is 25.2. The number of benzene rings is 7. The Labute approximate surface area is 299 Å². The molecule has 0 spiro atoms. The van der Waals surface area contributed by atoms with E-state index in [4.69, 9.17) is 19.4 Å². The number of nitrogens with zero attached hydrogens (tertiary/aromatic N) is 3. The number of para-hydroxylation sites is 1. The van der Waals surface area contributed by atoms with Crippen LogP contribution in [0.1, 0.15) is 0 Å². The van der Waals surface area contributed by atoms with E-state index in [0.29, 0.717) is 17.5 Å². The second-order valence-corrected chi connectivity index (χ2v) is 14.9. The lowest BCUT2D eigenvalue weighted by molar-refractivity contribution is 0.669. The van der Waals surface area contributed by atoms with Gasteiger partial charge in [-0.3, -0.25) is 0 Å². The van der Waals surface area contributed by atoms with Crippen LogP contribution in [0.5, 0.6) is 0 Å². The third kappa shape index (κ3) is 4.54. The molecule has 51 heavy (non-hydrogen) atoms. The Balaban J connectivity index is 1.08. The molecule has 11 rings (SSSR count). The molecule has 4 aromatic heterocycles. The molecule has 0 fully saturated rings. The Morgan fingerprint density at radius 2 is 1.02 bits per heavy atom. The van der Waals surface area contributed by atoms with Crippen molar-refractivity contribution in [2.45, 2.75) is 0 Å². The van der Waals surface area contributed by atoms with Crippen molar-refractivity contribution >= 4 is 85.0 Å². The van der Waals surface area contributed by atoms with Gasteiger partial charge in [0, 0.05) is 73.4 Å². The molecule has 238 valence electrons. The lowest BCUT2D eigenvalue weighted by Gasteiger charge is -2.09. The average Bonchev–Trinajstić information content (AvgIpc) is 3.88. The van der Waals surface area contributed by atoms with Crippen molar-refractivity contribution < 1.29 is 4.42 Å². The van der Waals surface area contributed by atoms with Crippen LogP contribution in [0.2, 0.25) is 0 Å². The van der Waals surface area contributed by atoms with E-state index in [9.17, 15) is 0 Å². The predicted molar refractivity (Wildman–Crippen MR) is 215 cm³/mol. The summed E-state index contributed by atoms with van der Waals surface area (Å²) in [5, 5.41) is 7.27. The van der Waals surface area contributed by atoms with Crippen molar-refractivity contribution in [2.24, 2.45) is 0 Å². The maximum atomic E-state index is 6.12. The van der Waals surface area contributed by atoms with Crippen LogP contribution in [-0.2, 0) is 0 Å². The minimum absolute atomic E-state index is 0.626. The van der Waals surface area contributed by atoms with E-state index in [1.54, 1.807) is 0 Å². The zero-order valence-electron chi connectivity index (χ0n) is 27.0. The molecule has 0 unspecified atom stereocenters. The first kappa shape index (κ1) is 28.6. The SMILES string of the molecule is c1ccc(-c2nc(-c3ccc4c(c3)sc3cccc(-c5cccc6c5sc5ccccc56)c34)nc(-c3ccc4oc5ccccc5c4c3)n2)cc1. The molecule has 0 aliphatic rings. The Kier molecular flexibility index (Phi) is 6.26. The van der Waals surface area contributed by atoms with Crippen LogP contribution in [0.15, 0.2) is 156 Å². The lowest BCUT2D eigenvalue weighted by atomic mass is 9.97. The zero-order chi connectivity index (χ0) is 33.5. The van der Waals surface area contributed by atoms with E-state index >= 15 is 0 Å². The Hall–Kier alpha value is -6.21. The standard InChI is InChI=1S/C45H25N3OS2/c1-2-10-26(11-3-1)43-46-44(27-21-23-37-35(24-27)29-12-4-6-17-36(29)49-37)48-45(47-43)28-20-22-34-40(25-28)50-39-19-9-14-31(41(34)39)33-16-8-15-32-30-13-5-7-18-38(30)51-42(32)33/h1-25H. The number of hydrogen-bond acceptors (Lipinski definition) is 6. The minimum Gasteiger partial charge on any atom is -0.456 e. The average molecular weight is 688 g/mol. The van der Waals surface area contributed by atoms with E-state index < -0.39 is 0 Å². The van der Waals surface area contributed by atoms with Gasteiger partial charge in [-0.1, -0.05) is 109 Å². The fourth-order valence-electron chi connectivity index (χ4n) is 7.36. The maximum absolute atomic E-state index is 6.12. The van der Waals surface area contributed by atoms with Crippen LogP contribution in [0, 0.1) is 0 Å². The normalized spacial score (nSPS) is 11.9. The van der Waals surface area contributed by atoms with Crippen LogP contribution in [-0.4, -0.2) is 15.0 Å². The number of fused-ring (bicyclic) bond motifs is 9. The summed E-state index contributed by atoms with van der Waals surface area (Å²) in [5.74, 6) is 1.91. The van der Waals surface area contributed by atoms with E-state index in [1.807, 2.05) is 83.3 Å². The molecule has 4 heterocycles. The van der Waals surface area contributed by atoms with Crippen molar-refractivity contribution in [2.75, 3.05) is 0 Å². The van der Waals surface area contributed by atoms with Crippen molar-refractivity contribution in [3.63, 3.8) is 0 Å². The maximum Gasteiger partial charge on any atom is 0.164 e. The molecule has 0 amide bonds. The second kappa shape index (κ2) is 11.2. The van der Waals surface area contributed by atoms with E-state index in [-0.39, 0.29) is 0 Å². The van der Waals surface area contributed by atoms with Gasteiger partial charge in [0.1, 0.15) is 11.2 Å². The molecule has 0 saturated carbocycles. The smallest absolute Gasteiger partial charge is 0.164 e. The monoisotopic (exact) mass is 687 g/mol. The number of furan rings is 1. The van der Waals surface area contributed by atoms with Crippen LogP contribution < -0.4 is 0 Å². The molecule has 0 aliphatic heterocycles. The highest BCUT2D eigenvalue weighted by Gasteiger charge is 2.18. The van der Waals surface area contributed by atoms with Gasteiger partial charge in [0.05, 0.1) is 0 Å². The molecule has 6 heteroatoms. The Morgan fingerprint density at radius 1 is 0.373 bits per heavy atom. The first-order valence-electron chi connectivity index (χ1n) is 16.8. The highest BCUT2D eigenvalue weighted by atomic mass is 32.1. The summed E-state index contributed by atoms with van der Waals surface area (Å²) in [6.07, 6.45) is 0. The van der Waals surface area contributed by atoms with Crippen molar-refractivity contribution in [1.29, 1.82) is 0 Å². The van der Waals surface area contributed by atoms with Gasteiger partial charge < -0.3 is 4.42 Å². The predicted octanol–water partition coefficient (Wildman–Crippen LogP) is 13.2. The molecule has 0 saturated heterocycles. The Bertz CT molecular complexity index is 3160. The summed E-state index contributed by atoms with van der Waals surface area (Å²) in [6, 6.07) is 53.2. The molecule has 0 N–H and O–H groups in total. The summed E-state index contributed by atoms with van der Waals surface area (Å²) < 4.78 is 11.2. The summed E-state index contributed by atoms with van der Waals surface area (Å²) in [5.41, 5.74) is 7.07. The van der Waals surface area contributed by atoms with Crippen molar-refractivity contribution in [3.8, 4) is 45.3 Å². The molecule has 0 radical (unpaired) electrons. The fraction of sp³-hybridized carbons (Fsp3) is 0. The van der Waals surface area contributed by atoms with Gasteiger partial charge in [-0.05, 0) is 48.0 Å². The second-order valence-electron chi connectivity index (χ2n) is 12.8. The summed E-state index contributed by atoms with van der Waals surface area (Å²) in [7, 11) is 0. The largest absolute Gasteiger partial charge is 0.456 e. The third-order valence-electron chi connectivity index (χ3n) is 9.75. The molecule has 0 aliphatic carbocycles. The highest BCUT2D eigenvalue weighted by Crippen LogP contribution is 2.46. The van der Waals surface area contributed by atoms with E-state index in [1.165, 1.54) is 51.5 Å². The van der Waals surface area contributed by atoms with Crippen LogP contribution in [0.25, 0.3) is 108 Å². The zero-order valence-corrected chi connectivity index (χ0v) is 28.6. The topological polar surface area (TPSA) is 51.8 Å². The molecule has 0 atom stereocenters. The first-order valence-corrected chi connectivity index (χ1v) is 18.5. The van der Waals surface area contributed by atoms with Crippen LogP contribution in [0.4, 0.5) is 0 Å². The number of rotatable bonds is 4. The molecule has 0 bridgehead atoms. The van der Waals surface area contributed by atoms with Gasteiger partial charge in [0.2, 0.25) is 0 Å². The summed E-state index contributed by atoms with van der Waals surface area (Å²) in [6.45, 7) is 0. The molecule has 11 aromatic rings. The van der Waals surface area contributed by atoms with Crippen molar-refractivity contribution in [1.82, 2.24) is 15.0 Å². The van der Waals surface area contributed by atoms with Gasteiger partial charge in [0.25, 0.3) is 0 Å². The van der Waals surface area contributed by atoms with Gasteiger partial charge >= 0.3 is 0 Å². The number of thiophene rings is 2. The highest BCUT2D eigenvalue weighted by molar-refractivity contribution is 7.26. The third-order valence-corrected chi connectivity index (χ3v) is 12.1. The molecule has 7 aromatic carbocycles. The number of hydrogen-bond donors (Lipinski definition) is 0. The van der Waals surface area contributed by atoms with E-state index in [2.05, 4.69) is 91.0 Å². The summed E-state index contributed by atoms with van der Waals surface area (Å²) >= 11 is 3.69. The minimum atomic E-state index is 0.626. The quantitative estimate of drug-likeness (QED) is 0.185. The van der Waals surface area contributed by atoms with Gasteiger partial charge in [0.15, 0.2) is 17.5 Å². The number of aromatic nitrogens is 3. The van der Waals surface area contributed by atoms with Gasteiger partial charge in [-0.2, -0.15) is 0 Å². The van der Waals surface area contributed by atoms with Crippen LogP contribution >= 0.6 is 22.7 Å². The fourth-order valence-corrected chi connectivity index (χ4v) is 9.77. The molecular weight excluding hydrogens is 663 g/mol. The van der Waals surface area contributed by atoms with Gasteiger partial charge in [-0.15, -0.1) is 22.7 Å². The molecular formula is C45H25N3OS2. The van der Waals surface area contributed by atoms with E-state index in [0.717, 1.165) is 38.6 Å². The Morgan fingerprint density at radius 3 is 1.90 bits per heavy atom. The van der Waals surface area contributed by atoms with Gasteiger partial charge in [-0.25, -0.2) is 15.0 Å². The molecule has 4 nitrogen and oxygen atoms in total. The summed E-state index contributed by atoms with van der Waals surface area (Å²) in [4.78, 5) is 15.2. The lowest BCUT2D eigenvalue weighted by Crippen LogP contribution is -2.00. The van der Waals surface area contributed by atoms with Crippen molar-refractivity contribution in [3.05, 3.63) is 152 Å². The van der Waals surface area contributed by atoms with Crippen LogP contribution in [0.3, 0.4) is 0 Å².